The lowest BCUT2D eigenvalue weighted by Crippen LogP contribution is -2.36. The molecule has 0 aliphatic rings. The molecule has 1 rings (SSSR count). The second-order valence-electron chi connectivity index (χ2n) is 3.86. The molecule has 15 heavy (non-hydrogen) atoms. The van der Waals surface area contributed by atoms with Crippen LogP contribution in [0.3, 0.4) is 0 Å². The van der Waals surface area contributed by atoms with Gasteiger partial charge in [-0.2, -0.15) is 0 Å². The Bertz CT molecular complexity index is 307. The second-order valence-corrected chi connectivity index (χ2v) is 3.86. The van der Waals surface area contributed by atoms with E-state index >= 15 is 0 Å². The SMILES string of the molecule is C=CCCC(Cc1ccccc1C)NN. The number of aryl methyl sites for hydroxylation is 1. The van der Waals surface area contributed by atoms with Gasteiger partial charge in [0.05, 0.1) is 0 Å². The Morgan fingerprint density at radius 1 is 1.47 bits per heavy atom. The summed E-state index contributed by atoms with van der Waals surface area (Å²) in [6.45, 7) is 5.86. The molecule has 0 aliphatic carbocycles. The van der Waals surface area contributed by atoms with E-state index in [1.165, 1.54) is 11.1 Å². The smallest absolute Gasteiger partial charge is 0.0253 e. The van der Waals surface area contributed by atoms with Crippen molar-refractivity contribution in [2.24, 2.45) is 5.84 Å². The third-order valence-corrected chi connectivity index (χ3v) is 2.68. The minimum Gasteiger partial charge on any atom is -0.271 e. The molecule has 82 valence electrons. The van der Waals surface area contributed by atoms with Crippen molar-refractivity contribution in [1.29, 1.82) is 0 Å². The van der Waals surface area contributed by atoms with Crippen LogP contribution in [0.2, 0.25) is 0 Å². The number of hydrogen-bond acceptors (Lipinski definition) is 2. The predicted octanol–water partition coefficient (Wildman–Crippen LogP) is 2.34. The third-order valence-electron chi connectivity index (χ3n) is 2.68. The molecule has 0 aliphatic heterocycles. The van der Waals surface area contributed by atoms with Crippen LogP contribution in [0.5, 0.6) is 0 Å². The van der Waals surface area contributed by atoms with Gasteiger partial charge in [-0.1, -0.05) is 30.3 Å². The van der Waals surface area contributed by atoms with E-state index < -0.39 is 0 Å². The first kappa shape index (κ1) is 12.0. The summed E-state index contributed by atoms with van der Waals surface area (Å²) in [4.78, 5) is 0. The fraction of sp³-hybridized carbons (Fsp3) is 0.385. The first-order valence-electron chi connectivity index (χ1n) is 5.39. The van der Waals surface area contributed by atoms with Crippen LogP contribution in [0, 0.1) is 6.92 Å². The van der Waals surface area contributed by atoms with Gasteiger partial charge in [0, 0.05) is 6.04 Å². The van der Waals surface area contributed by atoms with Crippen molar-refractivity contribution >= 4 is 0 Å². The topological polar surface area (TPSA) is 38.0 Å². The molecule has 2 heteroatoms. The molecule has 2 nitrogen and oxygen atoms in total. The van der Waals surface area contributed by atoms with Crippen LogP contribution < -0.4 is 11.3 Å². The number of benzene rings is 1. The minimum absolute atomic E-state index is 0.337. The van der Waals surface area contributed by atoms with Crippen molar-refractivity contribution in [1.82, 2.24) is 5.43 Å². The fourth-order valence-electron chi connectivity index (χ4n) is 1.67. The largest absolute Gasteiger partial charge is 0.271 e. The summed E-state index contributed by atoms with van der Waals surface area (Å²) in [5.41, 5.74) is 5.56. The Balaban J connectivity index is 2.58. The molecule has 3 N–H and O–H groups in total. The minimum atomic E-state index is 0.337. The molecule has 1 unspecified atom stereocenters. The van der Waals surface area contributed by atoms with Crippen LogP contribution in [-0.4, -0.2) is 6.04 Å². The monoisotopic (exact) mass is 204 g/mol. The zero-order chi connectivity index (χ0) is 11.1. The van der Waals surface area contributed by atoms with E-state index in [9.17, 15) is 0 Å². The molecule has 0 saturated heterocycles. The van der Waals surface area contributed by atoms with Crippen LogP contribution in [-0.2, 0) is 6.42 Å². The average Bonchev–Trinajstić information content (AvgIpc) is 2.26. The maximum Gasteiger partial charge on any atom is 0.0253 e. The van der Waals surface area contributed by atoms with Gasteiger partial charge < -0.3 is 0 Å². The van der Waals surface area contributed by atoms with E-state index in [4.69, 9.17) is 5.84 Å². The summed E-state index contributed by atoms with van der Waals surface area (Å²) < 4.78 is 0. The van der Waals surface area contributed by atoms with Gasteiger partial charge in [0.2, 0.25) is 0 Å². The fourth-order valence-corrected chi connectivity index (χ4v) is 1.67. The summed E-state index contributed by atoms with van der Waals surface area (Å²) in [6.07, 6.45) is 4.95. The van der Waals surface area contributed by atoms with E-state index in [-0.39, 0.29) is 0 Å². The van der Waals surface area contributed by atoms with Gasteiger partial charge in [-0.3, -0.25) is 11.3 Å². The maximum atomic E-state index is 5.53. The summed E-state index contributed by atoms with van der Waals surface area (Å²) in [5, 5.41) is 0. The Labute approximate surface area is 92.2 Å². The van der Waals surface area contributed by atoms with E-state index in [1.807, 2.05) is 6.08 Å². The summed E-state index contributed by atoms with van der Waals surface area (Å²) >= 11 is 0. The Morgan fingerprint density at radius 3 is 2.80 bits per heavy atom. The highest BCUT2D eigenvalue weighted by Gasteiger charge is 2.07. The van der Waals surface area contributed by atoms with Gasteiger partial charge in [0.25, 0.3) is 0 Å². The highest BCUT2D eigenvalue weighted by atomic mass is 15.2. The zero-order valence-electron chi connectivity index (χ0n) is 9.37. The molecular formula is C13H20N2. The normalized spacial score (nSPS) is 12.4. The van der Waals surface area contributed by atoms with E-state index in [0.29, 0.717) is 6.04 Å². The van der Waals surface area contributed by atoms with Gasteiger partial charge in [-0.25, -0.2) is 0 Å². The number of hydrazine groups is 1. The van der Waals surface area contributed by atoms with Crippen molar-refractivity contribution in [2.45, 2.75) is 32.2 Å². The van der Waals surface area contributed by atoms with Crippen molar-refractivity contribution in [3.8, 4) is 0 Å². The molecule has 0 fully saturated rings. The van der Waals surface area contributed by atoms with Gasteiger partial charge in [0.1, 0.15) is 0 Å². The van der Waals surface area contributed by atoms with Crippen molar-refractivity contribution in [3.63, 3.8) is 0 Å². The zero-order valence-corrected chi connectivity index (χ0v) is 9.37. The third kappa shape index (κ3) is 3.86. The number of nitrogens with two attached hydrogens (primary N) is 1. The van der Waals surface area contributed by atoms with Gasteiger partial charge in [0.15, 0.2) is 0 Å². The molecule has 1 atom stereocenters. The van der Waals surface area contributed by atoms with Crippen molar-refractivity contribution in [3.05, 3.63) is 48.0 Å². The predicted molar refractivity (Wildman–Crippen MR) is 65.4 cm³/mol. The molecule has 1 aromatic carbocycles. The first-order valence-corrected chi connectivity index (χ1v) is 5.39. The molecule has 0 spiro atoms. The van der Waals surface area contributed by atoms with E-state index in [0.717, 1.165) is 19.3 Å². The van der Waals surface area contributed by atoms with Crippen LogP contribution in [0.25, 0.3) is 0 Å². The summed E-state index contributed by atoms with van der Waals surface area (Å²) in [6, 6.07) is 8.77. The van der Waals surface area contributed by atoms with Gasteiger partial charge >= 0.3 is 0 Å². The van der Waals surface area contributed by atoms with Gasteiger partial charge in [-0.15, -0.1) is 6.58 Å². The lowest BCUT2D eigenvalue weighted by molar-refractivity contribution is 0.494. The first-order chi connectivity index (χ1) is 7.27. The number of allylic oxidation sites excluding steroid dienone is 1. The Hall–Kier alpha value is -1.12. The van der Waals surface area contributed by atoms with Crippen LogP contribution >= 0.6 is 0 Å². The highest BCUT2D eigenvalue weighted by Crippen LogP contribution is 2.11. The summed E-state index contributed by atoms with van der Waals surface area (Å²) in [5.74, 6) is 5.53. The standard InChI is InChI=1S/C13H20N2/c1-3-4-9-13(15-14)10-12-8-6-5-7-11(12)2/h3,5-8,13,15H,1,4,9-10,14H2,2H3. The number of rotatable bonds is 6. The molecule has 0 heterocycles. The number of nitrogens with one attached hydrogen (secondary N) is 1. The Morgan fingerprint density at radius 2 is 2.20 bits per heavy atom. The maximum absolute atomic E-state index is 5.53. The van der Waals surface area contributed by atoms with E-state index in [2.05, 4.69) is 43.2 Å². The molecule has 1 aromatic rings. The van der Waals surface area contributed by atoms with Crippen molar-refractivity contribution in [2.75, 3.05) is 0 Å². The van der Waals surface area contributed by atoms with Crippen LogP contribution in [0.1, 0.15) is 24.0 Å². The Kier molecular flexibility index (Phi) is 5.08. The van der Waals surface area contributed by atoms with Gasteiger partial charge in [-0.05, 0) is 37.3 Å². The lowest BCUT2D eigenvalue weighted by atomic mass is 9.99. The average molecular weight is 204 g/mol. The second kappa shape index (κ2) is 6.38. The quantitative estimate of drug-likeness (QED) is 0.424. The molecule has 0 amide bonds. The van der Waals surface area contributed by atoms with E-state index in [1.54, 1.807) is 0 Å². The molecule has 0 bridgehead atoms. The summed E-state index contributed by atoms with van der Waals surface area (Å²) in [7, 11) is 0. The highest BCUT2D eigenvalue weighted by molar-refractivity contribution is 5.26. The molecule has 0 radical (unpaired) electrons. The molecular weight excluding hydrogens is 184 g/mol. The van der Waals surface area contributed by atoms with Crippen molar-refractivity contribution < 1.29 is 0 Å². The lowest BCUT2D eigenvalue weighted by Gasteiger charge is -2.16. The van der Waals surface area contributed by atoms with Crippen LogP contribution in [0.15, 0.2) is 36.9 Å². The number of hydrogen-bond donors (Lipinski definition) is 2. The molecule has 0 aromatic heterocycles. The van der Waals surface area contributed by atoms with Crippen LogP contribution in [0.4, 0.5) is 0 Å². The molecule has 0 saturated carbocycles.